The molecule has 17 heavy (non-hydrogen) atoms. The molecule has 100 valence electrons. The molecular formula is C11H23N3O2S. The number of hydrogen-bond donors (Lipinski definition) is 1. The summed E-state index contributed by atoms with van der Waals surface area (Å²) < 4.78 is 26.6. The van der Waals surface area contributed by atoms with Crippen LogP contribution < -0.4 is 5.32 Å². The quantitative estimate of drug-likeness (QED) is 0.763. The zero-order valence-electron chi connectivity index (χ0n) is 10.7. The van der Waals surface area contributed by atoms with Crippen molar-refractivity contribution in [1.29, 1.82) is 0 Å². The second kappa shape index (κ2) is 5.22. The van der Waals surface area contributed by atoms with Gasteiger partial charge >= 0.3 is 0 Å². The van der Waals surface area contributed by atoms with E-state index in [9.17, 15) is 8.42 Å². The Bertz CT molecular complexity index is 358. The smallest absolute Gasteiger partial charge is 0.219 e. The van der Waals surface area contributed by atoms with Gasteiger partial charge in [-0.3, -0.25) is 4.90 Å². The molecule has 5 nitrogen and oxygen atoms in total. The normalized spacial score (nSPS) is 35.9. The Balaban J connectivity index is 2.22. The molecule has 0 aliphatic carbocycles. The van der Waals surface area contributed by atoms with Gasteiger partial charge in [-0.1, -0.05) is 6.92 Å². The van der Waals surface area contributed by atoms with Crippen molar-refractivity contribution in [2.75, 3.05) is 32.7 Å². The number of hydrogen-bond acceptors (Lipinski definition) is 4. The standard InChI is InChI=1S/C11H23N3O2S/c1-3-13-7-4-5-11(13)14-8-6-12-9-10(2)17(14,15)16/h10-12H,3-9H2,1-2H3. The number of nitrogens with zero attached hydrogens (tertiary/aromatic N) is 2. The molecule has 0 saturated carbocycles. The van der Waals surface area contributed by atoms with Gasteiger partial charge in [0, 0.05) is 19.6 Å². The highest BCUT2D eigenvalue weighted by atomic mass is 32.2. The largest absolute Gasteiger partial charge is 0.314 e. The van der Waals surface area contributed by atoms with Crippen molar-refractivity contribution in [2.24, 2.45) is 0 Å². The van der Waals surface area contributed by atoms with Gasteiger partial charge in [-0.05, 0) is 32.9 Å². The summed E-state index contributed by atoms with van der Waals surface area (Å²) in [6.45, 7) is 7.78. The van der Waals surface area contributed by atoms with Crippen LogP contribution in [0, 0.1) is 0 Å². The number of nitrogens with one attached hydrogen (secondary N) is 1. The van der Waals surface area contributed by atoms with E-state index in [4.69, 9.17) is 0 Å². The highest BCUT2D eigenvalue weighted by Crippen LogP contribution is 2.25. The van der Waals surface area contributed by atoms with E-state index >= 15 is 0 Å². The van der Waals surface area contributed by atoms with Gasteiger partial charge < -0.3 is 5.32 Å². The van der Waals surface area contributed by atoms with Crippen molar-refractivity contribution in [2.45, 2.75) is 38.1 Å². The van der Waals surface area contributed by atoms with Crippen LogP contribution in [0.5, 0.6) is 0 Å². The maximum absolute atomic E-state index is 12.4. The molecule has 0 bridgehead atoms. The zero-order chi connectivity index (χ0) is 12.5. The number of rotatable bonds is 2. The summed E-state index contributed by atoms with van der Waals surface area (Å²) in [5.41, 5.74) is 0. The van der Waals surface area contributed by atoms with E-state index in [1.54, 1.807) is 11.2 Å². The minimum atomic E-state index is -3.14. The van der Waals surface area contributed by atoms with Gasteiger partial charge in [-0.2, -0.15) is 4.31 Å². The molecule has 0 spiro atoms. The minimum absolute atomic E-state index is 0.0901. The summed E-state index contributed by atoms with van der Waals surface area (Å²) in [7, 11) is -3.14. The molecule has 0 aromatic heterocycles. The fourth-order valence-corrected chi connectivity index (χ4v) is 4.49. The molecule has 2 rings (SSSR count). The Morgan fingerprint density at radius 2 is 2.12 bits per heavy atom. The summed E-state index contributed by atoms with van der Waals surface area (Å²) in [6, 6.07) is 0. The van der Waals surface area contributed by atoms with Crippen LogP contribution in [-0.4, -0.2) is 61.8 Å². The molecule has 2 aliphatic heterocycles. The highest BCUT2D eigenvalue weighted by Gasteiger charge is 2.39. The minimum Gasteiger partial charge on any atom is -0.314 e. The second-order valence-corrected chi connectivity index (χ2v) is 7.23. The first-order valence-electron chi connectivity index (χ1n) is 6.52. The van der Waals surface area contributed by atoms with Crippen LogP contribution in [0.15, 0.2) is 0 Å². The van der Waals surface area contributed by atoms with Crippen LogP contribution in [0.2, 0.25) is 0 Å². The summed E-state index contributed by atoms with van der Waals surface area (Å²) in [5, 5.41) is 2.88. The summed E-state index contributed by atoms with van der Waals surface area (Å²) in [6.07, 6.45) is 2.17. The Morgan fingerprint density at radius 3 is 2.82 bits per heavy atom. The Kier molecular flexibility index (Phi) is 4.07. The molecule has 2 aliphatic rings. The maximum Gasteiger partial charge on any atom is 0.219 e. The van der Waals surface area contributed by atoms with Crippen molar-refractivity contribution in [3.05, 3.63) is 0 Å². The van der Waals surface area contributed by atoms with Crippen molar-refractivity contribution in [1.82, 2.24) is 14.5 Å². The van der Waals surface area contributed by atoms with E-state index in [0.717, 1.165) is 32.5 Å². The topological polar surface area (TPSA) is 52.6 Å². The molecule has 2 heterocycles. The molecule has 0 amide bonds. The lowest BCUT2D eigenvalue weighted by molar-refractivity contribution is 0.151. The molecular weight excluding hydrogens is 238 g/mol. The lowest BCUT2D eigenvalue weighted by atomic mass is 10.3. The summed E-state index contributed by atoms with van der Waals surface area (Å²) in [5.74, 6) is 0. The molecule has 0 aromatic carbocycles. The van der Waals surface area contributed by atoms with Crippen molar-refractivity contribution in [3.8, 4) is 0 Å². The van der Waals surface area contributed by atoms with Crippen molar-refractivity contribution < 1.29 is 8.42 Å². The van der Waals surface area contributed by atoms with Crippen LogP contribution in [0.3, 0.4) is 0 Å². The molecule has 2 fully saturated rings. The van der Waals surface area contributed by atoms with Gasteiger partial charge in [-0.25, -0.2) is 8.42 Å². The first-order chi connectivity index (χ1) is 8.07. The fraction of sp³-hybridized carbons (Fsp3) is 1.00. The van der Waals surface area contributed by atoms with E-state index in [2.05, 4.69) is 17.1 Å². The van der Waals surface area contributed by atoms with Gasteiger partial charge in [0.25, 0.3) is 0 Å². The third kappa shape index (κ3) is 2.50. The van der Waals surface area contributed by atoms with Crippen LogP contribution >= 0.6 is 0 Å². The van der Waals surface area contributed by atoms with E-state index in [-0.39, 0.29) is 11.4 Å². The predicted molar refractivity (Wildman–Crippen MR) is 68.2 cm³/mol. The number of likely N-dealkylation sites (tertiary alicyclic amines) is 1. The van der Waals surface area contributed by atoms with Crippen LogP contribution in [0.25, 0.3) is 0 Å². The predicted octanol–water partition coefficient (Wildman–Crippen LogP) is 0.0517. The molecule has 2 unspecified atom stereocenters. The second-order valence-electron chi connectivity index (χ2n) is 4.92. The van der Waals surface area contributed by atoms with Crippen molar-refractivity contribution >= 4 is 10.0 Å². The molecule has 2 atom stereocenters. The van der Waals surface area contributed by atoms with Gasteiger partial charge in [0.05, 0.1) is 11.4 Å². The third-order valence-electron chi connectivity index (χ3n) is 3.84. The zero-order valence-corrected chi connectivity index (χ0v) is 11.5. The van der Waals surface area contributed by atoms with Gasteiger partial charge in [0.15, 0.2) is 0 Å². The lowest BCUT2D eigenvalue weighted by Gasteiger charge is -2.33. The van der Waals surface area contributed by atoms with E-state index in [1.165, 1.54) is 0 Å². The van der Waals surface area contributed by atoms with E-state index < -0.39 is 10.0 Å². The monoisotopic (exact) mass is 261 g/mol. The Morgan fingerprint density at radius 1 is 1.35 bits per heavy atom. The first-order valence-corrected chi connectivity index (χ1v) is 8.03. The highest BCUT2D eigenvalue weighted by molar-refractivity contribution is 7.89. The average molecular weight is 261 g/mol. The average Bonchev–Trinajstić information content (AvgIpc) is 2.71. The van der Waals surface area contributed by atoms with Gasteiger partial charge in [0.1, 0.15) is 0 Å². The maximum atomic E-state index is 12.4. The first kappa shape index (κ1) is 13.3. The Labute approximate surface area is 104 Å². The SMILES string of the molecule is CCN1CCCC1N1CCNCC(C)S1(=O)=O. The molecule has 2 saturated heterocycles. The number of sulfonamides is 1. The van der Waals surface area contributed by atoms with E-state index in [1.807, 2.05) is 0 Å². The third-order valence-corrected chi connectivity index (χ3v) is 6.11. The molecule has 1 N–H and O–H groups in total. The van der Waals surface area contributed by atoms with Crippen LogP contribution in [0.4, 0.5) is 0 Å². The van der Waals surface area contributed by atoms with Gasteiger partial charge in [0.2, 0.25) is 10.0 Å². The lowest BCUT2D eigenvalue weighted by Crippen LogP contribution is -2.50. The van der Waals surface area contributed by atoms with Crippen LogP contribution in [-0.2, 0) is 10.0 Å². The summed E-state index contributed by atoms with van der Waals surface area (Å²) >= 11 is 0. The van der Waals surface area contributed by atoms with E-state index in [0.29, 0.717) is 13.1 Å². The fourth-order valence-electron chi connectivity index (χ4n) is 2.78. The Hall–Kier alpha value is -0.170. The van der Waals surface area contributed by atoms with Crippen LogP contribution in [0.1, 0.15) is 26.7 Å². The van der Waals surface area contributed by atoms with Gasteiger partial charge in [-0.15, -0.1) is 0 Å². The molecule has 0 aromatic rings. The molecule has 0 radical (unpaired) electrons. The van der Waals surface area contributed by atoms with Crippen molar-refractivity contribution in [3.63, 3.8) is 0 Å². The molecule has 6 heteroatoms. The summed E-state index contributed by atoms with van der Waals surface area (Å²) in [4.78, 5) is 2.27.